The van der Waals surface area contributed by atoms with Gasteiger partial charge in [0.2, 0.25) is 0 Å². The molecule has 0 bridgehead atoms. The molecular formula is C11H11BrFNO2. The number of nitrogens with one attached hydrogen (secondary N) is 1. The van der Waals surface area contributed by atoms with Crippen LogP contribution in [-0.4, -0.2) is 17.6 Å². The second-order valence-electron chi connectivity index (χ2n) is 3.87. The van der Waals surface area contributed by atoms with Crippen LogP contribution in [-0.2, 0) is 4.79 Å². The van der Waals surface area contributed by atoms with Crippen molar-refractivity contribution in [3.05, 3.63) is 34.1 Å². The predicted molar refractivity (Wildman–Crippen MR) is 60.6 cm³/mol. The highest BCUT2D eigenvalue weighted by molar-refractivity contribution is 9.10. The SMILES string of the molecule is O=C(O)C1CNC(c2c(F)cccc2Br)C1. The Morgan fingerprint density at radius 3 is 2.88 bits per heavy atom. The third-order valence-corrected chi connectivity index (χ3v) is 3.52. The number of halogens is 2. The molecule has 1 aromatic rings. The van der Waals surface area contributed by atoms with E-state index in [-0.39, 0.29) is 11.9 Å². The monoisotopic (exact) mass is 287 g/mol. The van der Waals surface area contributed by atoms with Crippen molar-refractivity contribution in [2.45, 2.75) is 12.5 Å². The minimum Gasteiger partial charge on any atom is -0.481 e. The third-order valence-electron chi connectivity index (χ3n) is 2.83. The van der Waals surface area contributed by atoms with Gasteiger partial charge < -0.3 is 10.4 Å². The van der Waals surface area contributed by atoms with Crippen LogP contribution >= 0.6 is 15.9 Å². The topological polar surface area (TPSA) is 49.3 Å². The fourth-order valence-electron chi connectivity index (χ4n) is 1.99. The number of carboxylic acid groups (broad SMARTS) is 1. The van der Waals surface area contributed by atoms with Crippen molar-refractivity contribution in [1.29, 1.82) is 0 Å². The summed E-state index contributed by atoms with van der Waals surface area (Å²) in [7, 11) is 0. The summed E-state index contributed by atoms with van der Waals surface area (Å²) in [5.74, 6) is -1.57. The Morgan fingerprint density at radius 2 is 2.31 bits per heavy atom. The molecule has 0 spiro atoms. The second kappa shape index (κ2) is 4.51. The summed E-state index contributed by atoms with van der Waals surface area (Å²) in [6, 6.07) is 4.54. The lowest BCUT2D eigenvalue weighted by Crippen LogP contribution is -2.17. The Bertz CT molecular complexity index is 404. The van der Waals surface area contributed by atoms with Gasteiger partial charge in [0.1, 0.15) is 5.82 Å². The first-order valence-electron chi connectivity index (χ1n) is 4.99. The first-order valence-corrected chi connectivity index (χ1v) is 5.79. The summed E-state index contributed by atoms with van der Waals surface area (Å²) in [5, 5.41) is 11.9. The van der Waals surface area contributed by atoms with Gasteiger partial charge in [-0.05, 0) is 18.6 Å². The van der Waals surface area contributed by atoms with Gasteiger partial charge in [0.15, 0.2) is 0 Å². The standard InChI is InChI=1S/C11H11BrFNO2/c12-7-2-1-3-8(13)10(7)9-4-6(5-14-9)11(15)16/h1-3,6,9,14H,4-5H2,(H,15,16). The molecule has 0 saturated carbocycles. The van der Waals surface area contributed by atoms with Gasteiger partial charge in [0.05, 0.1) is 5.92 Å². The molecular weight excluding hydrogens is 277 g/mol. The number of hydrogen-bond donors (Lipinski definition) is 2. The van der Waals surface area contributed by atoms with Crippen LogP contribution in [0.4, 0.5) is 4.39 Å². The molecule has 1 heterocycles. The van der Waals surface area contributed by atoms with Crippen LogP contribution in [0.1, 0.15) is 18.0 Å². The molecule has 1 aromatic carbocycles. The molecule has 2 N–H and O–H groups in total. The molecule has 2 rings (SSSR count). The lowest BCUT2D eigenvalue weighted by atomic mass is 10.00. The second-order valence-corrected chi connectivity index (χ2v) is 4.72. The zero-order valence-corrected chi connectivity index (χ0v) is 10.00. The third kappa shape index (κ3) is 2.10. The number of rotatable bonds is 2. The van der Waals surface area contributed by atoms with Gasteiger partial charge in [-0.15, -0.1) is 0 Å². The van der Waals surface area contributed by atoms with Crippen LogP contribution in [0, 0.1) is 11.7 Å². The van der Waals surface area contributed by atoms with Crippen molar-refractivity contribution < 1.29 is 14.3 Å². The number of carbonyl (C=O) groups is 1. The Morgan fingerprint density at radius 1 is 1.56 bits per heavy atom. The van der Waals surface area contributed by atoms with E-state index in [4.69, 9.17) is 5.11 Å². The largest absolute Gasteiger partial charge is 0.481 e. The van der Waals surface area contributed by atoms with E-state index < -0.39 is 11.9 Å². The molecule has 0 aliphatic carbocycles. The van der Waals surface area contributed by atoms with Gasteiger partial charge in [-0.1, -0.05) is 22.0 Å². The Labute approximate surface area is 101 Å². The molecule has 1 aliphatic heterocycles. The van der Waals surface area contributed by atoms with Crippen molar-refractivity contribution in [2.24, 2.45) is 5.92 Å². The average molecular weight is 288 g/mol. The smallest absolute Gasteiger partial charge is 0.307 e. The highest BCUT2D eigenvalue weighted by Crippen LogP contribution is 2.33. The van der Waals surface area contributed by atoms with Crippen LogP contribution in [0.2, 0.25) is 0 Å². The first-order chi connectivity index (χ1) is 7.59. The lowest BCUT2D eigenvalue weighted by Gasteiger charge is -2.13. The molecule has 3 nitrogen and oxygen atoms in total. The molecule has 2 atom stereocenters. The van der Waals surface area contributed by atoms with Crippen molar-refractivity contribution in [3.63, 3.8) is 0 Å². The summed E-state index contributed by atoms with van der Waals surface area (Å²) >= 11 is 3.29. The first kappa shape index (κ1) is 11.5. The van der Waals surface area contributed by atoms with Crippen LogP contribution in [0.25, 0.3) is 0 Å². The minimum absolute atomic E-state index is 0.225. The van der Waals surface area contributed by atoms with Gasteiger partial charge in [0.25, 0.3) is 0 Å². The summed E-state index contributed by atoms with van der Waals surface area (Å²) < 4.78 is 14.3. The molecule has 0 aromatic heterocycles. The van der Waals surface area contributed by atoms with E-state index in [0.29, 0.717) is 23.0 Å². The fraction of sp³-hybridized carbons (Fsp3) is 0.364. The molecule has 5 heteroatoms. The zero-order valence-electron chi connectivity index (χ0n) is 8.41. The van der Waals surface area contributed by atoms with E-state index in [1.165, 1.54) is 6.07 Å². The van der Waals surface area contributed by atoms with Crippen molar-refractivity contribution >= 4 is 21.9 Å². The Balaban J connectivity index is 2.24. The molecule has 1 fully saturated rings. The number of hydrogen-bond acceptors (Lipinski definition) is 2. The van der Waals surface area contributed by atoms with Crippen molar-refractivity contribution in [2.75, 3.05) is 6.54 Å². The highest BCUT2D eigenvalue weighted by atomic mass is 79.9. The van der Waals surface area contributed by atoms with E-state index in [0.717, 1.165) is 0 Å². The summed E-state index contributed by atoms with van der Waals surface area (Å²) in [6.45, 7) is 0.390. The maximum absolute atomic E-state index is 13.6. The molecule has 0 amide bonds. The number of carboxylic acids is 1. The maximum Gasteiger partial charge on any atom is 0.307 e. The quantitative estimate of drug-likeness (QED) is 0.878. The normalized spacial score (nSPS) is 24.6. The van der Waals surface area contributed by atoms with E-state index in [1.807, 2.05) is 0 Å². The molecule has 1 aliphatic rings. The number of benzene rings is 1. The molecule has 0 radical (unpaired) electrons. The molecule has 2 unspecified atom stereocenters. The Hall–Kier alpha value is -0.940. The molecule has 1 saturated heterocycles. The fourth-order valence-corrected chi connectivity index (χ4v) is 2.61. The van der Waals surface area contributed by atoms with E-state index >= 15 is 0 Å². The lowest BCUT2D eigenvalue weighted by molar-refractivity contribution is -0.141. The van der Waals surface area contributed by atoms with E-state index in [9.17, 15) is 9.18 Å². The average Bonchev–Trinajstić information content (AvgIpc) is 2.66. The maximum atomic E-state index is 13.6. The van der Waals surface area contributed by atoms with Crippen LogP contribution in [0.3, 0.4) is 0 Å². The van der Waals surface area contributed by atoms with Crippen molar-refractivity contribution in [3.8, 4) is 0 Å². The van der Waals surface area contributed by atoms with Crippen molar-refractivity contribution in [1.82, 2.24) is 5.32 Å². The van der Waals surface area contributed by atoms with Gasteiger partial charge in [-0.25, -0.2) is 4.39 Å². The highest BCUT2D eigenvalue weighted by Gasteiger charge is 2.32. The Kier molecular flexibility index (Phi) is 3.25. The van der Waals surface area contributed by atoms with Crippen LogP contribution in [0.5, 0.6) is 0 Å². The summed E-state index contributed by atoms with van der Waals surface area (Å²) in [4.78, 5) is 10.8. The summed E-state index contributed by atoms with van der Waals surface area (Å²) in [6.07, 6.45) is 0.425. The minimum atomic E-state index is -0.831. The summed E-state index contributed by atoms with van der Waals surface area (Å²) in [5.41, 5.74) is 0.520. The predicted octanol–water partition coefficient (Wildman–Crippen LogP) is 2.32. The van der Waals surface area contributed by atoms with Gasteiger partial charge in [-0.2, -0.15) is 0 Å². The van der Waals surface area contributed by atoms with E-state index in [1.54, 1.807) is 12.1 Å². The van der Waals surface area contributed by atoms with E-state index in [2.05, 4.69) is 21.2 Å². The molecule has 86 valence electrons. The van der Waals surface area contributed by atoms with Crippen LogP contribution in [0.15, 0.2) is 22.7 Å². The van der Waals surface area contributed by atoms with Crippen LogP contribution < -0.4 is 5.32 Å². The zero-order chi connectivity index (χ0) is 11.7. The van der Waals surface area contributed by atoms with Gasteiger partial charge in [0, 0.05) is 22.6 Å². The number of aliphatic carboxylic acids is 1. The molecule has 16 heavy (non-hydrogen) atoms. The van der Waals surface area contributed by atoms with Gasteiger partial charge >= 0.3 is 5.97 Å². The van der Waals surface area contributed by atoms with Gasteiger partial charge in [-0.3, -0.25) is 4.79 Å².